The molecule has 1 heterocycles. The third-order valence-corrected chi connectivity index (χ3v) is 4.93. The number of aromatic nitrogens is 2. The number of benzene rings is 3. The summed E-state index contributed by atoms with van der Waals surface area (Å²) in [6.45, 7) is 2.34. The zero-order chi connectivity index (χ0) is 23.0. The van der Waals surface area contributed by atoms with Crippen molar-refractivity contribution in [2.75, 3.05) is 13.7 Å². The number of nitrogens with zero attached hydrogens (tertiary/aromatic N) is 3. The molecule has 0 bridgehead atoms. The van der Waals surface area contributed by atoms with Crippen molar-refractivity contribution in [2.24, 2.45) is 5.10 Å². The van der Waals surface area contributed by atoms with Crippen LogP contribution in [0.5, 0.6) is 11.5 Å². The number of carbonyl (C=O) groups excluding carboxylic acids is 1. The predicted molar refractivity (Wildman–Crippen MR) is 128 cm³/mol. The molecule has 4 rings (SSSR count). The van der Waals surface area contributed by atoms with Crippen molar-refractivity contribution < 1.29 is 14.3 Å². The predicted octanol–water partition coefficient (Wildman–Crippen LogP) is 4.71. The number of methoxy groups -OCH3 is 1. The van der Waals surface area contributed by atoms with Crippen molar-refractivity contribution >= 4 is 12.1 Å². The third kappa shape index (κ3) is 5.10. The molecule has 166 valence electrons. The Morgan fingerprint density at radius 3 is 2.48 bits per heavy atom. The van der Waals surface area contributed by atoms with Crippen LogP contribution in [-0.4, -0.2) is 35.6 Å². The second kappa shape index (κ2) is 10.3. The van der Waals surface area contributed by atoms with Crippen LogP contribution in [0.15, 0.2) is 90.2 Å². The summed E-state index contributed by atoms with van der Waals surface area (Å²) in [5.74, 6) is 0.928. The average molecular weight is 441 g/mol. The van der Waals surface area contributed by atoms with Gasteiger partial charge in [0.05, 0.1) is 31.2 Å². The van der Waals surface area contributed by atoms with Gasteiger partial charge in [0, 0.05) is 17.3 Å². The highest BCUT2D eigenvalue weighted by molar-refractivity contribution is 5.98. The first-order valence-electron chi connectivity index (χ1n) is 10.5. The number of carbonyl (C=O) groups is 1. The van der Waals surface area contributed by atoms with Gasteiger partial charge in [-0.05, 0) is 55.5 Å². The van der Waals surface area contributed by atoms with Crippen LogP contribution in [0.25, 0.3) is 16.9 Å². The number of para-hydroxylation sites is 2. The van der Waals surface area contributed by atoms with Gasteiger partial charge in [-0.15, -0.1) is 0 Å². The average Bonchev–Trinajstić information content (AvgIpc) is 3.29. The van der Waals surface area contributed by atoms with Crippen molar-refractivity contribution in [1.82, 2.24) is 15.2 Å². The maximum Gasteiger partial charge on any atom is 0.275 e. The maximum atomic E-state index is 12.6. The molecule has 0 fully saturated rings. The fraction of sp³-hybridized carbons (Fsp3) is 0.115. The molecule has 4 aromatic rings. The van der Waals surface area contributed by atoms with Gasteiger partial charge in [-0.1, -0.05) is 30.3 Å². The molecule has 0 spiro atoms. The Morgan fingerprint density at radius 2 is 1.76 bits per heavy atom. The monoisotopic (exact) mass is 440 g/mol. The minimum absolute atomic E-state index is 0.350. The van der Waals surface area contributed by atoms with E-state index >= 15 is 0 Å². The van der Waals surface area contributed by atoms with E-state index in [9.17, 15) is 4.79 Å². The van der Waals surface area contributed by atoms with Gasteiger partial charge in [0.2, 0.25) is 0 Å². The third-order valence-electron chi connectivity index (χ3n) is 4.93. The standard InChI is InChI=1S/C26H24N4O3/c1-3-33-24-12-8-7-11-23(24)26(31)28-27-17-20-18-30(21-9-5-4-6-10-21)29-25(20)19-13-15-22(32-2)16-14-19/h4-18H,3H2,1-2H3,(H,28,31)/b27-17-. The molecule has 1 N–H and O–H groups in total. The van der Waals surface area contributed by atoms with Crippen molar-refractivity contribution in [3.63, 3.8) is 0 Å². The summed E-state index contributed by atoms with van der Waals surface area (Å²) in [5, 5.41) is 8.94. The molecule has 0 unspecified atom stereocenters. The Bertz CT molecular complexity index is 1250. The van der Waals surface area contributed by atoms with Crippen LogP contribution in [0.1, 0.15) is 22.8 Å². The van der Waals surface area contributed by atoms with Gasteiger partial charge in [0.1, 0.15) is 17.2 Å². The Kier molecular flexibility index (Phi) is 6.80. The van der Waals surface area contributed by atoms with Gasteiger partial charge in [-0.3, -0.25) is 4.79 Å². The second-order valence-electron chi connectivity index (χ2n) is 7.07. The molecule has 0 radical (unpaired) electrons. The van der Waals surface area contributed by atoms with Crippen molar-refractivity contribution in [2.45, 2.75) is 6.92 Å². The summed E-state index contributed by atoms with van der Waals surface area (Å²) < 4.78 is 12.6. The molecule has 0 saturated heterocycles. The molecule has 0 atom stereocenters. The van der Waals surface area contributed by atoms with Gasteiger partial charge in [-0.25, -0.2) is 10.1 Å². The molecule has 7 nitrogen and oxygen atoms in total. The maximum absolute atomic E-state index is 12.6. The lowest BCUT2D eigenvalue weighted by Gasteiger charge is -2.08. The highest BCUT2D eigenvalue weighted by atomic mass is 16.5. The van der Waals surface area contributed by atoms with E-state index in [1.807, 2.05) is 73.8 Å². The minimum Gasteiger partial charge on any atom is -0.497 e. The molecule has 0 aliphatic rings. The van der Waals surface area contributed by atoms with E-state index in [0.29, 0.717) is 17.9 Å². The van der Waals surface area contributed by atoms with E-state index in [2.05, 4.69) is 10.5 Å². The van der Waals surface area contributed by atoms with E-state index in [0.717, 1.165) is 28.3 Å². The van der Waals surface area contributed by atoms with Crippen molar-refractivity contribution in [1.29, 1.82) is 0 Å². The second-order valence-corrected chi connectivity index (χ2v) is 7.07. The fourth-order valence-electron chi connectivity index (χ4n) is 3.32. The number of nitrogens with one attached hydrogen (secondary N) is 1. The molecule has 33 heavy (non-hydrogen) atoms. The van der Waals surface area contributed by atoms with E-state index in [1.54, 1.807) is 36.2 Å². The summed E-state index contributed by atoms with van der Waals surface area (Å²) in [4.78, 5) is 12.6. The van der Waals surface area contributed by atoms with Crippen molar-refractivity contribution in [3.05, 3.63) is 96.2 Å². The summed E-state index contributed by atoms with van der Waals surface area (Å²) in [6, 6.07) is 24.5. The summed E-state index contributed by atoms with van der Waals surface area (Å²) in [7, 11) is 1.63. The largest absolute Gasteiger partial charge is 0.497 e. The van der Waals surface area contributed by atoms with Gasteiger partial charge < -0.3 is 9.47 Å². The van der Waals surface area contributed by atoms with E-state index in [1.165, 1.54) is 0 Å². The van der Waals surface area contributed by atoms with E-state index < -0.39 is 0 Å². The fourth-order valence-corrected chi connectivity index (χ4v) is 3.32. The van der Waals surface area contributed by atoms with Crippen LogP contribution in [-0.2, 0) is 0 Å². The normalized spacial score (nSPS) is 10.8. The molecule has 3 aromatic carbocycles. The summed E-state index contributed by atoms with van der Waals surface area (Å²) in [5.41, 5.74) is 6.31. The molecular formula is C26H24N4O3. The molecule has 0 aliphatic heterocycles. The number of rotatable bonds is 8. The zero-order valence-electron chi connectivity index (χ0n) is 18.4. The Hall–Kier alpha value is -4.39. The van der Waals surface area contributed by atoms with Gasteiger partial charge >= 0.3 is 0 Å². The molecule has 1 amide bonds. The Balaban J connectivity index is 1.62. The van der Waals surface area contributed by atoms with Crippen LogP contribution in [0.3, 0.4) is 0 Å². The highest BCUT2D eigenvalue weighted by Crippen LogP contribution is 2.25. The van der Waals surface area contributed by atoms with Gasteiger partial charge in [-0.2, -0.15) is 10.2 Å². The number of hydrazone groups is 1. The lowest BCUT2D eigenvalue weighted by Crippen LogP contribution is -2.18. The Morgan fingerprint density at radius 1 is 1.03 bits per heavy atom. The first-order valence-corrected chi connectivity index (χ1v) is 10.5. The summed E-state index contributed by atoms with van der Waals surface area (Å²) in [6.07, 6.45) is 3.46. The van der Waals surface area contributed by atoms with Crippen LogP contribution >= 0.6 is 0 Å². The lowest BCUT2D eigenvalue weighted by atomic mass is 10.1. The van der Waals surface area contributed by atoms with Gasteiger partial charge in [0.25, 0.3) is 5.91 Å². The molecule has 1 aromatic heterocycles. The first-order chi connectivity index (χ1) is 16.2. The lowest BCUT2D eigenvalue weighted by molar-refractivity contribution is 0.0951. The number of ether oxygens (including phenoxy) is 2. The van der Waals surface area contributed by atoms with E-state index in [4.69, 9.17) is 14.6 Å². The molecule has 0 saturated carbocycles. The SMILES string of the molecule is CCOc1ccccc1C(=O)N/N=C\c1cn(-c2ccccc2)nc1-c1ccc(OC)cc1. The minimum atomic E-state index is -0.350. The smallest absolute Gasteiger partial charge is 0.275 e. The van der Waals surface area contributed by atoms with Crippen molar-refractivity contribution in [3.8, 4) is 28.4 Å². The first kappa shape index (κ1) is 21.8. The number of amides is 1. The van der Waals surface area contributed by atoms with Crippen LogP contribution in [0.4, 0.5) is 0 Å². The van der Waals surface area contributed by atoms with Gasteiger partial charge in [0.15, 0.2) is 0 Å². The number of hydrogen-bond donors (Lipinski definition) is 1. The van der Waals surface area contributed by atoms with Crippen LogP contribution < -0.4 is 14.9 Å². The molecule has 7 heteroatoms. The topological polar surface area (TPSA) is 77.7 Å². The van der Waals surface area contributed by atoms with Crippen LogP contribution in [0, 0.1) is 0 Å². The zero-order valence-corrected chi connectivity index (χ0v) is 18.4. The highest BCUT2D eigenvalue weighted by Gasteiger charge is 2.13. The van der Waals surface area contributed by atoms with E-state index in [-0.39, 0.29) is 5.91 Å². The number of hydrogen-bond acceptors (Lipinski definition) is 5. The molecule has 0 aliphatic carbocycles. The molecular weight excluding hydrogens is 416 g/mol. The van der Waals surface area contributed by atoms with Crippen LogP contribution in [0.2, 0.25) is 0 Å². The Labute approximate surface area is 192 Å². The quantitative estimate of drug-likeness (QED) is 0.318. The summed E-state index contributed by atoms with van der Waals surface area (Å²) >= 11 is 0.